The molecule has 0 radical (unpaired) electrons. The van der Waals surface area contributed by atoms with Gasteiger partial charge in [0.25, 0.3) is 5.91 Å². The highest BCUT2D eigenvalue weighted by Gasteiger charge is 2.64. The van der Waals surface area contributed by atoms with Gasteiger partial charge in [0.1, 0.15) is 17.5 Å². The van der Waals surface area contributed by atoms with E-state index < -0.39 is 22.8 Å². The molecule has 2 N–H and O–H groups in total. The van der Waals surface area contributed by atoms with Crippen LogP contribution in [0, 0.1) is 6.92 Å². The molecular formula is C16H18N2O4S. The van der Waals surface area contributed by atoms with Gasteiger partial charge in [-0.1, -0.05) is 17.7 Å². The van der Waals surface area contributed by atoms with Crippen LogP contribution in [0.1, 0.15) is 29.8 Å². The van der Waals surface area contributed by atoms with Crippen molar-refractivity contribution in [1.82, 2.24) is 10.2 Å². The minimum atomic E-state index is -1.01. The predicted octanol–water partition coefficient (Wildman–Crippen LogP) is 1.24. The van der Waals surface area contributed by atoms with Crippen LogP contribution in [0.4, 0.5) is 0 Å². The summed E-state index contributed by atoms with van der Waals surface area (Å²) in [5.41, 5.74) is 1.45. The smallest absolute Gasteiger partial charge is 0.327 e. The molecule has 1 unspecified atom stereocenters. The molecule has 23 heavy (non-hydrogen) atoms. The molecule has 2 amide bonds. The van der Waals surface area contributed by atoms with Crippen LogP contribution in [0.3, 0.4) is 0 Å². The van der Waals surface area contributed by atoms with Crippen molar-refractivity contribution in [2.24, 2.45) is 0 Å². The summed E-state index contributed by atoms with van der Waals surface area (Å²) in [6.07, 6.45) is 0. The zero-order chi connectivity index (χ0) is 16.9. The number of hydrogen-bond acceptors (Lipinski definition) is 4. The number of β-lactam (4-membered cyclic amide) rings is 1. The number of aliphatic carboxylic acids is 1. The van der Waals surface area contributed by atoms with Crippen molar-refractivity contribution in [2.75, 3.05) is 0 Å². The highest BCUT2D eigenvalue weighted by atomic mass is 32.2. The number of carboxylic acid groups (broad SMARTS) is 1. The van der Waals surface area contributed by atoms with E-state index in [1.165, 1.54) is 16.7 Å². The number of carbonyl (C=O) groups excluding carboxylic acids is 2. The molecule has 7 heteroatoms. The number of fused-ring (bicyclic) bond motifs is 1. The second-order valence-corrected chi connectivity index (χ2v) is 8.19. The van der Waals surface area contributed by atoms with Crippen LogP contribution in [0.15, 0.2) is 24.3 Å². The Kier molecular flexibility index (Phi) is 3.63. The minimum Gasteiger partial charge on any atom is -0.480 e. The molecule has 1 aromatic rings. The van der Waals surface area contributed by atoms with Crippen molar-refractivity contribution in [1.29, 1.82) is 0 Å². The van der Waals surface area contributed by atoms with Gasteiger partial charge in [-0.05, 0) is 32.9 Å². The molecule has 2 saturated heterocycles. The fourth-order valence-corrected chi connectivity index (χ4v) is 4.78. The van der Waals surface area contributed by atoms with E-state index in [-0.39, 0.29) is 17.2 Å². The molecule has 2 aliphatic heterocycles. The molecular weight excluding hydrogens is 316 g/mol. The van der Waals surface area contributed by atoms with E-state index in [9.17, 15) is 19.5 Å². The van der Waals surface area contributed by atoms with Crippen LogP contribution in [0.2, 0.25) is 0 Å². The number of carbonyl (C=O) groups is 3. The SMILES string of the molecule is Cc1cccc(C(=O)NC2C(=O)N3[C@@H]2SC(C)(C)[C@@H]3C(=O)O)c1. The van der Waals surface area contributed by atoms with Crippen LogP contribution in [0.25, 0.3) is 0 Å². The fraction of sp³-hybridized carbons (Fsp3) is 0.438. The third-order valence-corrected chi connectivity index (χ3v) is 5.81. The van der Waals surface area contributed by atoms with Crippen LogP contribution < -0.4 is 5.32 Å². The van der Waals surface area contributed by atoms with Crippen LogP contribution in [0.5, 0.6) is 0 Å². The first-order valence-corrected chi connectivity index (χ1v) is 8.20. The largest absolute Gasteiger partial charge is 0.480 e. The standard InChI is InChI=1S/C16H18N2O4S/c1-8-5-4-6-9(7-8)12(19)17-10-13(20)18-11(15(21)22)16(2,3)23-14(10)18/h4-7,10-11,14H,1-3H3,(H,17,19)(H,21,22)/t10?,11-,14+/m0/s1. The lowest BCUT2D eigenvalue weighted by Crippen LogP contribution is -2.70. The molecule has 0 spiro atoms. The molecule has 2 heterocycles. The summed E-state index contributed by atoms with van der Waals surface area (Å²) in [7, 11) is 0. The Balaban J connectivity index is 1.76. The van der Waals surface area contributed by atoms with Gasteiger partial charge in [-0.15, -0.1) is 11.8 Å². The first kappa shape index (κ1) is 15.9. The minimum absolute atomic E-state index is 0.316. The second kappa shape index (κ2) is 5.26. The number of nitrogens with zero attached hydrogens (tertiary/aromatic N) is 1. The molecule has 6 nitrogen and oxygen atoms in total. The van der Waals surface area contributed by atoms with Gasteiger partial charge in [0.05, 0.1) is 0 Å². The summed E-state index contributed by atoms with van der Waals surface area (Å²) in [5.74, 6) is -1.66. The van der Waals surface area contributed by atoms with E-state index in [1.807, 2.05) is 26.8 Å². The van der Waals surface area contributed by atoms with Crippen molar-refractivity contribution in [3.63, 3.8) is 0 Å². The fourth-order valence-electron chi connectivity index (χ4n) is 3.16. The zero-order valence-corrected chi connectivity index (χ0v) is 13.9. The molecule has 2 aliphatic rings. The van der Waals surface area contributed by atoms with Crippen LogP contribution in [-0.2, 0) is 9.59 Å². The van der Waals surface area contributed by atoms with E-state index in [2.05, 4.69) is 5.32 Å². The second-order valence-electron chi connectivity index (χ2n) is 6.42. The normalized spacial score (nSPS) is 28.0. The third kappa shape index (κ3) is 2.49. The van der Waals surface area contributed by atoms with E-state index >= 15 is 0 Å². The molecule has 0 bridgehead atoms. The lowest BCUT2D eigenvalue weighted by atomic mass is 9.96. The van der Waals surface area contributed by atoms with E-state index in [1.54, 1.807) is 18.2 Å². The van der Waals surface area contributed by atoms with Gasteiger partial charge in [-0.2, -0.15) is 0 Å². The summed E-state index contributed by atoms with van der Waals surface area (Å²) in [4.78, 5) is 37.4. The lowest BCUT2D eigenvalue weighted by Gasteiger charge is -2.43. The maximum absolute atomic E-state index is 12.3. The predicted molar refractivity (Wildman–Crippen MR) is 86.2 cm³/mol. The Morgan fingerprint density at radius 3 is 2.65 bits per heavy atom. The van der Waals surface area contributed by atoms with E-state index in [0.717, 1.165) is 5.56 Å². The molecule has 1 aromatic carbocycles. The number of amides is 2. The number of carboxylic acids is 1. The van der Waals surface area contributed by atoms with Crippen molar-refractivity contribution in [2.45, 2.75) is 43.0 Å². The summed E-state index contributed by atoms with van der Waals surface area (Å²) < 4.78 is -0.588. The van der Waals surface area contributed by atoms with Gasteiger partial charge in [-0.25, -0.2) is 4.79 Å². The van der Waals surface area contributed by atoms with Gasteiger partial charge in [0.2, 0.25) is 5.91 Å². The van der Waals surface area contributed by atoms with Crippen LogP contribution in [-0.4, -0.2) is 50.0 Å². The maximum atomic E-state index is 12.3. The Hall–Kier alpha value is -2.02. The molecule has 3 rings (SSSR count). The Labute approximate surface area is 138 Å². The Bertz CT molecular complexity index is 703. The first-order chi connectivity index (χ1) is 10.7. The highest BCUT2D eigenvalue weighted by molar-refractivity contribution is 8.01. The van der Waals surface area contributed by atoms with E-state index in [0.29, 0.717) is 5.56 Å². The summed E-state index contributed by atoms with van der Waals surface area (Å²) in [6, 6.07) is 5.58. The molecule has 0 aliphatic carbocycles. The van der Waals surface area contributed by atoms with Gasteiger partial charge in [0, 0.05) is 10.3 Å². The number of thioether (sulfide) groups is 1. The van der Waals surface area contributed by atoms with Gasteiger partial charge < -0.3 is 15.3 Å². The van der Waals surface area contributed by atoms with E-state index in [4.69, 9.17) is 0 Å². The first-order valence-electron chi connectivity index (χ1n) is 7.33. The number of rotatable bonds is 3. The monoisotopic (exact) mass is 334 g/mol. The van der Waals surface area contributed by atoms with Gasteiger partial charge in [0.15, 0.2) is 0 Å². The summed E-state index contributed by atoms with van der Waals surface area (Å²) in [6.45, 7) is 5.50. The average Bonchev–Trinajstić information content (AvgIpc) is 2.73. The molecule has 3 atom stereocenters. The lowest BCUT2D eigenvalue weighted by molar-refractivity contribution is -0.159. The Morgan fingerprint density at radius 1 is 1.35 bits per heavy atom. The number of benzene rings is 1. The maximum Gasteiger partial charge on any atom is 0.327 e. The molecule has 0 aromatic heterocycles. The zero-order valence-electron chi connectivity index (χ0n) is 13.1. The summed E-state index contributed by atoms with van der Waals surface area (Å²) in [5, 5.41) is 11.8. The average molecular weight is 334 g/mol. The number of aryl methyl sites for hydroxylation is 1. The third-order valence-electron chi connectivity index (χ3n) is 4.24. The van der Waals surface area contributed by atoms with Crippen molar-refractivity contribution >= 4 is 29.5 Å². The van der Waals surface area contributed by atoms with Crippen molar-refractivity contribution in [3.05, 3.63) is 35.4 Å². The molecule has 122 valence electrons. The summed E-state index contributed by atoms with van der Waals surface area (Å²) >= 11 is 1.42. The van der Waals surface area contributed by atoms with Crippen LogP contribution >= 0.6 is 11.8 Å². The Morgan fingerprint density at radius 2 is 2.04 bits per heavy atom. The van der Waals surface area contributed by atoms with Crippen molar-refractivity contribution < 1.29 is 19.5 Å². The molecule has 2 fully saturated rings. The molecule has 0 saturated carbocycles. The number of hydrogen-bond donors (Lipinski definition) is 2. The number of nitrogens with one attached hydrogen (secondary N) is 1. The highest BCUT2D eigenvalue weighted by Crippen LogP contribution is 2.50. The van der Waals surface area contributed by atoms with Gasteiger partial charge in [-0.3, -0.25) is 9.59 Å². The van der Waals surface area contributed by atoms with Crippen molar-refractivity contribution in [3.8, 4) is 0 Å². The quantitative estimate of drug-likeness (QED) is 0.812. The van der Waals surface area contributed by atoms with Gasteiger partial charge >= 0.3 is 5.97 Å². The topological polar surface area (TPSA) is 86.7 Å².